The Labute approximate surface area is 125 Å². The van der Waals surface area contributed by atoms with Crippen molar-refractivity contribution in [2.24, 2.45) is 0 Å². The first kappa shape index (κ1) is 15.5. The molecule has 5 heteroatoms. The molecule has 0 spiro atoms. The summed E-state index contributed by atoms with van der Waals surface area (Å²) in [6, 6.07) is 10.1. The van der Waals surface area contributed by atoms with Crippen LogP contribution in [0.15, 0.2) is 34.9 Å². The molecule has 0 amide bonds. The predicted octanol–water partition coefficient (Wildman–Crippen LogP) is 3.60. The van der Waals surface area contributed by atoms with Gasteiger partial charge in [0.15, 0.2) is 0 Å². The second kappa shape index (κ2) is 8.42. The number of hydrogen-bond acceptors (Lipinski definition) is 5. The SMILES string of the molecule is CCCC(OCC)c1noc(CCNc2ccccc2)n1. The van der Waals surface area contributed by atoms with Crippen molar-refractivity contribution < 1.29 is 9.26 Å². The van der Waals surface area contributed by atoms with Crippen LogP contribution >= 0.6 is 0 Å². The number of hydrogen-bond donors (Lipinski definition) is 1. The van der Waals surface area contributed by atoms with Crippen LogP contribution in [-0.2, 0) is 11.2 Å². The van der Waals surface area contributed by atoms with Crippen molar-refractivity contribution in [1.82, 2.24) is 10.1 Å². The number of nitrogens with one attached hydrogen (secondary N) is 1. The van der Waals surface area contributed by atoms with Crippen LogP contribution in [0.1, 0.15) is 44.5 Å². The molecule has 5 nitrogen and oxygen atoms in total. The first-order chi connectivity index (χ1) is 10.3. The first-order valence-corrected chi connectivity index (χ1v) is 7.56. The Bertz CT molecular complexity index is 507. The minimum absolute atomic E-state index is 0.0559. The minimum atomic E-state index is -0.0559. The predicted molar refractivity (Wildman–Crippen MR) is 82.2 cm³/mol. The lowest BCUT2D eigenvalue weighted by Gasteiger charge is -2.11. The fraction of sp³-hybridized carbons (Fsp3) is 0.500. The average Bonchev–Trinajstić information content (AvgIpc) is 2.97. The van der Waals surface area contributed by atoms with E-state index in [0.29, 0.717) is 24.7 Å². The number of nitrogens with zero attached hydrogens (tertiary/aromatic N) is 2. The molecule has 1 unspecified atom stereocenters. The molecule has 1 N–H and O–H groups in total. The summed E-state index contributed by atoms with van der Waals surface area (Å²) >= 11 is 0. The molecule has 0 radical (unpaired) electrons. The van der Waals surface area contributed by atoms with E-state index in [4.69, 9.17) is 9.26 Å². The molecule has 2 rings (SSSR count). The first-order valence-electron chi connectivity index (χ1n) is 7.56. The third-order valence-corrected chi connectivity index (χ3v) is 3.13. The smallest absolute Gasteiger partial charge is 0.228 e. The highest BCUT2D eigenvalue weighted by Gasteiger charge is 2.17. The normalized spacial score (nSPS) is 12.3. The van der Waals surface area contributed by atoms with E-state index < -0.39 is 0 Å². The summed E-state index contributed by atoms with van der Waals surface area (Å²) in [5.41, 5.74) is 1.09. The zero-order chi connectivity index (χ0) is 14.9. The summed E-state index contributed by atoms with van der Waals surface area (Å²) in [7, 11) is 0. The molecule has 0 aliphatic carbocycles. The van der Waals surface area contributed by atoms with Gasteiger partial charge in [0.2, 0.25) is 11.7 Å². The van der Waals surface area contributed by atoms with E-state index in [2.05, 4.69) is 22.4 Å². The monoisotopic (exact) mass is 289 g/mol. The van der Waals surface area contributed by atoms with Crippen molar-refractivity contribution in [2.45, 2.75) is 39.2 Å². The second-order valence-corrected chi connectivity index (χ2v) is 4.82. The van der Waals surface area contributed by atoms with Gasteiger partial charge in [0.05, 0.1) is 0 Å². The third kappa shape index (κ3) is 4.86. The number of benzene rings is 1. The summed E-state index contributed by atoms with van der Waals surface area (Å²) in [4.78, 5) is 4.44. The summed E-state index contributed by atoms with van der Waals surface area (Å²) in [5.74, 6) is 1.31. The summed E-state index contributed by atoms with van der Waals surface area (Å²) in [6.45, 7) is 5.52. The van der Waals surface area contributed by atoms with Crippen molar-refractivity contribution in [1.29, 1.82) is 0 Å². The van der Waals surface area contributed by atoms with Gasteiger partial charge in [0, 0.05) is 25.3 Å². The van der Waals surface area contributed by atoms with E-state index in [1.165, 1.54) is 0 Å². The second-order valence-electron chi connectivity index (χ2n) is 4.82. The maximum Gasteiger partial charge on any atom is 0.228 e. The number of aromatic nitrogens is 2. The molecule has 114 valence electrons. The molecule has 1 aromatic carbocycles. The van der Waals surface area contributed by atoms with E-state index in [9.17, 15) is 0 Å². The van der Waals surface area contributed by atoms with Crippen molar-refractivity contribution in [2.75, 3.05) is 18.5 Å². The Morgan fingerprint density at radius 3 is 2.76 bits per heavy atom. The topological polar surface area (TPSA) is 60.2 Å². The number of para-hydroxylation sites is 1. The Balaban J connectivity index is 1.84. The zero-order valence-electron chi connectivity index (χ0n) is 12.7. The minimum Gasteiger partial charge on any atom is -0.385 e. The quantitative estimate of drug-likeness (QED) is 0.764. The molecule has 0 saturated heterocycles. The van der Waals surface area contributed by atoms with Gasteiger partial charge in [-0.25, -0.2) is 0 Å². The largest absolute Gasteiger partial charge is 0.385 e. The van der Waals surface area contributed by atoms with Gasteiger partial charge in [-0.3, -0.25) is 0 Å². The molecule has 0 bridgehead atoms. The van der Waals surface area contributed by atoms with Crippen LogP contribution in [-0.4, -0.2) is 23.3 Å². The lowest BCUT2D eigenvalue weighted by atomic mass is 10.2. The molecule has 0 aliphatic rings. The third-order valence-electron chi connectivity index (χ3n) is 3.13. The van der Waals surface area contributed by atoms with Crippen LogP contribution in [0.5, 0.6) is 0 Å². The van der Waals surface area contributed by atoms with E-state index in [1.54, 1.807) is 0 Å². The van der Waals surface area contributed by atoms with E-state index in [0.717, 1.165) is 25.1 Å². The van der Waals surface area contributed by atoms with Crippen LogP contribution < -0.4 is 5.32 Å². The maximum atomic E-state index is 5.65. The molecular formula is C16H23N3O2. The van der Waals surface area contributed by atoms with Gasteiger partial charge >= 0.3 is 0 Å². The molecule has 0 saturated carbocycles. The van der Waals surface area contributed by atoms with Gasteiger partial charge in [-0.1, -0.05) is 36.7 Å². The van der Waals surface area contributed by atoms with Gasteiger partial charge in [-0.2, -0.15) is 4.98 Å². The summed E-state index contributed by atoms with van der Waals surface area (Å²) in [5, 5.41) is 7.36. The lowest BCUT2D eigenvalue weighted by molar-refractivity contribution is 0.0478. The van der Waals surface area contributed by atoms with Gasteiger partial charge < -0.3 is 14.6 Å². The molecule has 2 aromatic rings. The number of rotatable bonds is 9. The Morgan fingerprint density at radius 2 is 2.05 bits per heavy atom. The fourth-order valence-corrected chi connectivity index (χ4v) is 2.12. The highest BCUT2D eigenvalue weighted by molar-refractivity contribution is 5.42. The Morgan fingerprint density at radius 1 is 1.24 bits per heavy atom. The van der Waals surface area contributed by atoms with Crippen LogP contribution in [0.25, 0.3) is 0 Å². The molecule has 21 heavy (non-hydrogen) atoms. The molecule has 1 atom stereocenters. The fourth-order valence-electron chi connectivity index (χ4n) is 2.12. The highest BCUT2D eigenvalue weighted by atomic mass is 16.5. The zero-order valence-corrected chi connectivity index (χ0v) is 12.7. The van der Waals surface area contributed by atoms with Crippen molar-refractivity contribution in [3.63, 3.8) is 0 Å². The molecule has 1 heterocycles. The highest BCUT2D eigenvalue weighted by Crippen LogP contribution is 2.20. The van der Waals surface area contributed by atoms with Crippen molar-refractivity contribution in [3.05, 3.63) is 42.0 Å². The molecule has 0 fully saturated rings. The Kier molecular flexibility index (Phi) is 6.22. The average molecular weight is 289 g/mol. The number of ether oxygens (including phenoxy) is 1. The van der Waals surface area contributed by atoms with Crippen LogP contribution in [0.3, 0.4) is 0 Å². The Hall–Kier alpha value is -1.88. The van der Waals surface area contributed by atoms with E-state index in [1.807, 2.05) is 37.3 Å². The van der Waals surface area contributed by atoms with Crippen molar-refractivity contribution >= 4 is 5.69 Å². The standard InChI is InChI=1S/C16H23N3O2/c1-3-8-14(20-4-2)16-18-15(21-19-16)11-12-17-13-9-6-5-7-10-13/h5-7,9-10,14,17H,3-4,8,11-12H2,1-2H3. The van der Waals surface area contributed by atoms with Gasteiger partial charge in [-0.05, 0) is 25.5 Å². The van der Waals surface area contributed by atoms with E-state index in [-0.39, 0.29) is 6.10 Å². The number of anilines is 1. The van der Waals surface area contributed by atoms with Gasteiger partial charge in [0.25, 0.3) is 0 Å². The van der Waals surface area contributed by atoms with Gasteiger partial charge in [0.1, 0.15) is 6.10 Å². The van der Waals surface area contributed by atoms with Crippen LogP contribution in [0.2, 0.25) is 0 Å². The van der Waals surface area contributed by atoms with Crippen LogP contribution in [0, 0.1) is 0 Å². The van der Waals surface area contributed by atoms with Gasteiger partial charge in [-0.15, -0.1) is 0 Å². The maximum absolute atomic E-state index is 5.65. The van der Waals surface area contributed by atoms with Crippen LogP contribution in [0.4, 0.5) is 5.69 Å². The lowest BCUT2D eigenvalue weighted by Crippen LogP contribution is -2.07. The summed E-state index contributed by atoms with van der Waals surface area (Å²) in [6.07, 6.45) is 2.59. The van der Waals surface area contributed by atoms with E-state index >= 15 is 0 Å². The molecule has 0 aliphatic heterocycles. The molecular weight excluding hydrogens is 266 g/mol. The molecule has 1 aromatic heterocycles. The van der Waals surface area contributed by atoms with Crippen molar-refractivity contribution in [3.8, 4) is 0 Å². The summed E-state index contributed by atoms with van der Waals surface area (Å²) < 4.78 is 11.0.